The zero-order valence-corrected chi connectivity index (χ0v) is 22.0. The van der Waals surface area contributed by atoms with Crippen molar-refractivity contribution in [2.45, 2.75) is 90.3 Å². The largest absolute Gasteiger partial charge is 0.480 e. The molecule has 3 fully saturated rings. The topological polar surface area (TPSA) is 142 Å². The number of aliphatic carboxylic acids is 1. The first-order chi connectivity index (χ1) is 17.6. The molecule has 1 aromatic rings. The number of rotatable bonds is 7. The van der Waals surface area contributed by atoms with Gasteiger partial charge in [0, 0.05) is 18.9 Å². The Morgan fingerprint density at radius 1 is 1.00 bits per heavy atom. The van der Waals surface area contributed by atoms with Gasteiger partial charge in [-0.1, -0.05) is 46.5 Å². The van der Waals surface area contributed by atoms with E-state index >= 15 is 0 Å². The number of nitrogens with zero attached hydrogens (tertiary/aromatic N) is 3. The van der Waals surface area contributed by atoms with Crippen LogP contribution in [0.25, 0.3) is 0 Å². The molecule has 37 heavy (non-hydrogen) atoms. The normalized spacial score (nSPS) is 25.7. The first kappa shape index (κ1) is 27.0. The summed E-state index contributed by atoms with van der Waals surface area (Å²) in [5.41, 5.74) is -0.549. The number of aromatic nitrogens is 2. The molecule has 1 aromatic heterocycles. The quantitative estimate of drug-likeness (QED) is 0.508. The zero-order valence-electron chi connectivity index (χ0n) is 22.0. The van der Waals surface area contributed by atoms with E-state index in [1.165, 1.54) is 23.5 Å². The van der Waals surface area contributed by atoms with Gasteiger partial charge in [0.15, 0.2) is 0 Å². The maximum atomic E-state index is 13.9. The van der Waals surface area contributed by atoms with Gasteiger partial charge in [-0.25, -0.2) is 9.78 Å². The third-order valence-corrected chi connectivity index (χ3v) is 8.31. The second-order valence-electron chi connectivity index (χ2n) is 11.9. The van der Waals surface area contributed by atoms with Gasteiger partial charge in [0.25, 0.3) is 5.91 Å². The number of fused-ring (bicyclic) bond motifs is 1. The molecule has 0 radical (unpaired) electrons. The van der Waals surface area contributed by atoms with Crippen molar-refractivity contribution in [1.29, 1.82) is 0 Å². The summed E-state index contributed by atoms with van der Waals surface area (Å²) in [6.45, 7) is 5.97. The van der Waals surface area contributed by atoms with Crippen LogP contribution in [-0.4, -0.2) is 68.3 Å². The van der Waals surface area contributed by atoms with Gasteiger partial charge < -0.3 is 20.6 Å². The summed E-state index contributed by atoms with van der Waals surface area (Å²) in [7, 11) is 0. The van der Waals surface area contributed by atoms with Crippen LogP contribution in [0.5, 0.6) is 0 Å². The summed E-state index contributed by atoms with van der Waals surface area (Å²) in [6, 6.07) is -2.63. The third-order valence-electron chi connectivity index (χ3n) is 8.31. The molecule has 2 heterocycles. The van der Waals surface area contributed by atoms with E-state index in [2.05, 4.69) is 20.6 Å². The van der Waals surface area contributed by atoms with E-state index in [4.69, 9.17) is 0 Å². The van der Waals surface area contributed by atoms with Crippen molar-refractivity contribution in [3.05, 3.63) is 24.3 Å². The predicted molar refractivity (Wildman–Crippen MR) is 135 cm³/mol. The smallest absolute Gasteiger partial charge is 0.326 e. The molecule has 3 aliphatic rings. The molecule has 5 atom stereocenters. The number of carbonyl (C=O) groups excluding carboxylic acids is 3. The summed E-state index contributed by atoms with van der Waals surface area (Å²) in [5.74, 6) is -2.20. The molecule has 2 aliphatic carbocycles. The fourth-order valence-corrected chi connectivity index (χ4v) is 6.39. The molecule has 1 unspecified atom stereocenters. The Morgan fingerprint density at radius 2 is 1.73 bits per heavy atom. The Morgan fingerprint density at radius 3 is 2.35 bits per heavy atom. The van der Waals surface area contributed by atoms with Crippen molar-refractivity contribution in [3.8, 4) is 0 Å². The molecule has 4 rings (SSSR count). The second-order valence-corrected chi connectivity index (χ2v) is 11.9. The maximum Gasteiger partial charge on any atom is 0.326 e. The lowest BCUT2D eigenvalue weighted by atomic mass is 9.82. The van der Waals surface area contributed by atoms with Gasteiger partial charge >= 0.3 is 5.97 Å². The van der Waals surface area contributed by atoms with Crippen LogP contribution in [0, 0.1) is 23.2 Å². The lowest BCUT2D eigenvalue weighted by molar-refractivity contribution is -0.152. The highest BCUT2D eigenvalue weighted by molar-refractivity contribution is 5.97. The first-order valence-corrected chi connectivity index (χ1v) is 13.5. The first-order valence-electron chi connectivity index (χ1n) is 13.5. The van der Waals surface area contributed by atoms with Gasteiger partial charge in [-0.3, -0.25) is 19.4 Å². The van der Waals surface area contributed by atoms with Gasteiger partial charge in [0.2, 0.25) is 11.8 Å². The highest BCUT2D eigenvalue weighted by Gasteiger charge is 2.52. The second kappa shape index (κ2) is 11.1. The van der Waals surface area contributed by atoms with E-state index in [1.807, 2.05) is 20.8 Å². The van der Waals surface area contributed by atoms with E-state index in [0.717, 1.165) is 51.4 Å². The number of carboxylic acids is 1. The van der Waals surface area contributed by atoms with Crippen LogP contribution >= 0.6 is 0 Å². The molecule has 0 spiro atoms. The van der Waals surface area contributed by atoms with Crippen molar-refractivity contribution in [3.63, 3.8) is 0 Å². The molecule has 2 saturated carbocycles. The van der Waals surface area contributed by atoms with Crippen LogP contribution in [0.1, 0.15) is 82.6 Å². The Balaban J connectivity index is 1.56. The molecular formula is C27H39N5O5. The number of carboxylic acid groups (broad SMARTS) is 1. The monoisotopic (exact) mass is 513 g/mol. The molecule has 10 nitrogen and oxygen atoms in total. The summed E-state index contributed by atoms with van der Waals surface area (Å²) in [6.07, 6.45) is 11.5. The Hall–Kier alpha value is -3.04. The Kier molecular flexibility index (Phi) is 8.14. The number of likely N-dealkylation sites (tertiary alicyclic amines) is 1. The summed E-state index contributed by atoms with van der Waals surface area (Å²) in [4.78, 5) is 62.2. The molecular weight excluding hydrogens is 474 g/mol. The van der Waals surface area contributed by atoms with Gasteiger partial charge in [-0.05, 0) is 48.9 Å². The van der Waals surface area contributed by atoms with Crippen LogP contribution in [-0.2, 0) is 14.4 Å². The highest BCUT2D eigenvalue weighted by Crippen LogP contribution is 2.43. The lowest BCUT2D eigenvalue weighted by Crippen LogP contribution is -2.61. The molecule has 3 amide bonds. The number of nitrogens with one attached hydrogen (secondary N) is 2. The summed E-state index contributed by atoms with van der Waals surface area (Å²) >= 11 is 0. The van der Waals surface area contributed by atoms with Gasteiger partial charge in [-0.15, -0.1) is 0 Å². The van der Waals surface area contributed by atoms with E-state index in [0.29, 0.717) is 6.54 Å². The van der Waals surface area contributed by atoms with Gasteiger partial charge in [0.05, 0.1) is 6.20 Å². The molecule has 0 aromatic carbocycles. The summed E-state index contributed by atoms with van der Waals surface area (Å²) < 4.78 is 0. The fourth-order valence-electron chi connectivity index (χ4n) is 6.39. The van der Waals surface area contributed by atoms with Crippen molar-refractivity contribution in [2.75, 3.05) is 6.54 Å². The van der Waals surface area contributed by atoms with E-state index in [-0.39, 0.29) is 29.4 Å². The fraction of sp³-hybridized carbons (Fsp3) is 0.704. The minimum Gasteiger partial charge on any atom is -0.480 e. The minimum absolute atomic E-state index is 0.0426. The standard InChI is InChI=1S/C27H39N5O5/c1-27(2,3)22(25(35)32-15-17-10-7-11-18(17)21(32)26(36)37)31-24(34)20(16-8-5-4-6-9-16)30-23(33)19-14-28-12-13-29-19/h12-14,16-18,20-22H,4-11,15H2,1-3H3,(H,30,33)(H,31,34)(H,36,37)/t17-,18-,20-,21-,22?/m0/s1. The Bertz CT molecular complexity index is 1000. The average molecular weight is 514 g/mol. The number of carbonyl (C=O) groups is 4. The minimum atomic E-state index is -0.988. The maximum absolute atomic E-state index is 13.9. The molecule has 3 N–H and O–H groups in total. The van der Waals surface area contributed by atoms with Crippen LogP contribution < -0.4 is 10.6 Å². The van der Waals surface area contributed by atoms with Crippen molar-refractivity contribution in [2.24, 2.45) is 23.2 Å². The van der Waals surface area contributed by atoms with Crippen molar-refractivity contribution >= 4 is 23.7 Å². The zero-order chi connectivity index (χ0) is 26.7. The van der Waals surface area contributed by atoms with Crippen LogP contribution in [0.4, 0.5) is 0 Å². The molecule has 10 heteroatoms. The number of hydrogen-bond donors (Lipinski definition) is 3. The van der Waals surface area contributed by atoms with Crippen LogP contribution in [0.2, 0.25) is 0 Å². The summed E-state index contributed by atoms with van der Waals surface area (Å²) in [5, 5.41) is 15.8. The number of amides is 3. The molecule has 0 bridgehead atoms. The van der Waals surface area contributed by atoms with E-state index in [9.17, 15) is 24.3 Å². The van der Waals surface area contributed by atoms with Crippen molar-refractivity contribution < 1.29 is 24.3 Å². The van der Waals surface area contributed by atoms with Crippen LogP contribution in [0.15, 0.2) is 18.6 Å². The van der Waals surface area contributed by atoms with E-state index < -0.39 is 41.3 Å². The lowest BCUT2D eigenvalue weighted by Gasteiger charge is -2.37. The average Bonchev–Trinajstić information content (AvgIpc) is 3.47. The van der Waals surface area contributed by atoms with Crippen LogP contribution in [0.3, 0.4) is 0 Å². The highest BCUT2D eigenvalue weighted by atomic mass is 16.4. The third kappa shape index (κ3) is 5.93. The SMILES string of the molecule is CC(C)(C)C(NC(=O)[C@@H](NC(=O)c1cnccn1)C1CCCCC1)C(=O)N1C[C@@H]2CCC[C@@H]2[C@H]1C(=O)O. The van der Waals surface area contributed by atoms with Gasteiger partial charge in [0.1, 0.15) is 23.8 Å². The Labute approximate surface area is 218 Å². The molecule has 202 valence electrons. The number of hydrogen-bond acceptors (Lipinski definition) is 6. The van der Waals surface area contributed by atoms with Gasteiger partial charge in [-0.2, -0.15) is 0 Å². The van der Waals surface area contributed by atoms with E-state index in [1.54, 1.807) is 0 Å². The molecule has 1 saturated heterocycles. The molecule has 1 aliphatic heterocycles. The van der Waals surface area contributed by atoms with Crippen molar-refractivity contribution in [1.82, 2.24) is 25.5 Å². The predicted octanol–water partition coefficient (Wildman–Crippen LogP) is 2.40.